The van der Waals surface area contributed by atoms with Crippen molar-refractivity contribution in [3.8, 4) is 5.88 Å². The van der Waals surface area contributed by atoms with E-state index in [2.05, 4.69) is 25.3 Å². The molecule has 9 heteroatoms. The van der Waals surface area contributed by atoms with Gasteiger partial charge in [0.15, 0.2) is 5.69 Å². The molecule has 0 saturated carbocycles. The number of carbonyl (C=O) groups excluding carboxylic acids is 1. The van der Waals surface area contributed by atoms with Gasteiger partial charge in [-0.15, -0.1) is 10.2 Å². The number of nitrogens with zero attached hydrogens (tertiary/aromatic N) is 5. The zero-order chi connectivity index (χ0) is 13.9. The molecule has 2 heterocycles. The minimum Gasteiger partial charge on any atom is -0.493 e. The molecule has 0 spiro atoms. The number of aromatic hydroxyl groups is 1. The fraction of sp³-hybridized carbons (Fsp3) is 0.0833. The molecule has 2 aromatic heterocycles. The number of amides is 1. The maximum absolute atomic E-state index is 11.6. The van der Waals surface area contributed by atoms with Gasteiger partial charge in [0.05, 0.1) is 5.52 Å². The number of aromatic amines is 1. The van der Waals surface area contributed by atoms with Crippen LogP contribution in [0.3, 0.4) is 0 Å². The molecule has 0 aliphatic carbocycles. The predicted octanol–water partition coefficient (Wildman–Crippen LogP) is 0.951. The Morgan fingerprint density at radius 3 is 2.95 bits per heavy atom. The monoisotopic (exact) mass is 288 g/mol. The van der Waals surface area contributed by atoms with Gasteiger partial charge < -0.3 is 15.6 Å². The van der Waals surface area contributed by atoms with Crippen molar-refractivity contribution >= 4 is 22.5 Å². The van der Waals surface area contributed by atoms with Crippen molar-refractivity contribution in [2.24, 2.45) is 10.2 Å². The lowest BCUT2D eigenvalue weighted by atomic mass is 10.2. The number of para-hydroxylation sites is 1. The van der Waals surface area contributed by atoms with E-state index in [1.54, 1.807) is 12.1 Å². The van der Waals surface area contributed by atoms with Gasteiger partial charge in [-0.1, -0.05) is 18.2 Å². The number of carbonyl (C=O) groups is 1. The lowest BCUT2D eigenvalue weighted by Crippen LogP contribution is -2.07. The highest BCUT2D eigenvalue weighted by Gasteiger charge is 2.10. The van der Waals surface area contributed by atoms with Crippen LogP contribution in [0.15, 0.2) is 47.1 Å². The largest absolute Gasteiger partial charge is 0.493 e. The van der Waals surface area contributed by atoms with E-state index >= 15 is 0 Å². The van der Waals surface area contributed by atoms with Crippen LogP contribution < -0.4 is 0 Å². The summed E-state index contributed by atoms with van der Waals surface area (Å²) in [7, 11) is 0. The van der Waals surface area contributed by atoms with Gasteiger partial charge in [0.25, 0.3) is 5.91 Å². The molecule has 3 rings (SSSR count). The van der Waals surface area contributed by atoms with Crippen LogP contribution in [0.2, 0.25) is 0 Å². The van der Waals surface area contributed by atoms with E-state index in [0.29, 0.717) is 5.39 Å². The number of hydrogen-bond donors (Lipinski definition) is 2. The fourth-order valence-electron chi connectivity index (χ4n) is 1.80. The number of benzene rings is 1. The highest BCUT2D eigenvalue weighted by atomic mass is 16.3. The van der Waals surface area contributed by atoms with Crippen LogP contribution in [0.1, 0.15) is 0 Å². The molecule has 3 aromatic rings. The van der Waals surface area contributed by atoms with Crippen molar-refractivity contribution in [2.75, 3.05) is 0 Å². The van der Waals surface area contributed by atoms with Crippen molar-refractivity contribution in [1.82, 2.24) is 19.7 Å². The summed E-state index contributed by atoms with van der Waals surface area (Å²) < 4.78 is 1.34. The molecule has 4 N–H and O–H groups in total. The zero-order valence-corrected chi connectivity index (χ0v) is 10.8. The van der Waals surface area contributed by atoms with E-state index in [-0.39, 0.29) is 23.6 Å². The van der Waals surface area contributed by atoms with E-state index in [1.807, 2.05) is 12.1 Å². The van der Waals surface area contributed by atoms with E-state index < -0.39 is 5.91 Å². The van der Waals surface area contributed by atoms with Gasteiger partial charge in [0.2, 0.25) is 5.88 Å². The third kappa shape index (κ3) is 2.92. The zero-order valence-electron chi connectivity index (χ0n) is 10.8. The number of H-pyrrole nitrogens is 1. The Balaban J connectivity index is 0.00000161. The van der Waals surface area contributed by atoms with Crippen molar-refractivity contribution in [3.63, 3.8) is 0 Å². The summed E-state index contributed by atoms with van der Waals surface area (Å²) >= 11 is 0. The number of rotatable bonds is 3. The second-order valence-electron chi connectivity index (χ2n) is 4.05. The summed E-state index contributed by atoms with van der Waals surface area (Å²) in [6.45, 7) is -0.0490. The molecule has 0 saturated heterocycles. The Hall–Kier alpha value is -3.07. The molecule has 9 nitrogen and oxygen atoms in total. The Labute approximate surface area is 118 Å². The molecule has 0 aliphatic rings. The van der Waals surface area contributed by atoms with Crippen LogP contribution in [0.4, 0.5) is 5.69 Å². The maximum atomic E-state index is 11.6. The molecular weight excluding hydrogens is 276 g/mol. The Morgan fingerprint density at radius 1 is 1.38 bits per heavy atom. The number of aromatic nitrogens is 4. The lowest BCUT2D eigenvalue weighted by Gasteiger charge is -1.94. The summed E-state index contributed by atoms with van der Waals surface area (Å²) in [6, 6.07) is 7.22. The Morgan fingerprint density at radius 2 is 2.19 bits per heavy atom. The van der Waals surface area contributed by atoms with Gasteiger partial charge in [-0.3, -0.25) is 4.79 Å². The Bertz CT molecular complexity index is 778. The number of hydrogen-bond acceptors (Lipinski definition) is 5. The van der Waals surface area contributed by atoms with Crippen molar-refractivity contribution in [1.29, 1.82) is 0 Å². The van der Waals surface area contributed by atoms with Crippen LogP contribution in [0.25, 0.3) is 10.9 Å². The topological polar surface area (TPSA) is 140 Å². The smallest absolute Gasteiger partial charge is 0.286 e. The molecule has 0 bridgehead atoms. The Kier molecular flexibility index (Phi) is 4.05. The lowest BCUT2D eigenvalue weighted by molar-refractivity contribution is -0.119. The highest BCUT2D eigenvalue weighted by Crippen LogP contribution is 2.35. The van der Waals surface area contributed by atoms with Gasteiger partial charge in [-0.2, -0.15) is 5.10 Å². The number of azo groups is 1. The van der Waals surface area contributed by atoms with Gasteiger partial charge in [0, 0.05) is 5.39 Å². The third-order valence-corrected chi connectivity index (χ3v) is 2.68. The summed E-state index contributed by atoms with van der Waals surface area (Å²) in [5, 5.41) is 21.6. The molecule has 0 fully saturated rings. The van der Waals surface area contributed by atoms with Crippen molar-refractivity contribution in [3.05, 3.63) is 36.9 Å². The van der Waals surface area contributed by atoms with E-state index in [4.69, 9.17) is 0 Å². The van der Waals surface area contributed by atoms with Gasteiger partial charge >= 0.3 is 0 Å². The van der Waals surface area contributed by atoms with Crippen LogP contribution in [-0.2, 0) is 11.3 Å². The normalized spacial score (nSPS) is 10.9. The summed E-state index contributed by atoms with van der Waals surface area (Å²) in [5.41, 5.74) is 0.968. The predicted molar refractivity (Wildman–Crippen MR) is 73.1 cm³/mol. The first-order valence-corrected chi connectivity index (χ1v) is 5.80. The molecule has 0 radical (unpaired) electrons. The number of nitrogens with one attached hydrogen (secondary N) is 1. The summed E-state index contributed by atoms with van der Waals surface area (Å²) in [5.74, 6) is -0.608. The molecule has 1 amide bonds. The second kappa shape index (κ2) is 5.92. The summed E-state index contributed by atoms with van der Waals surface area (Å²) in [6.07, 6.45) is 2.74. The van der Waals surface area contributed by atoms with Gasteiger partial charge in [0.1, 0.15) is 19.2 Å². The molecule has 0 unspecified atom stereocenters. The first-order chi connectivity index (χ1) is 9.74. The molecule has 0 aliphatic heterocycles. The molecule has 1 aromatic carbocycles. The average molecular weight is 288 g/mol. The summed E-state index contributed by atoms with van der Waals surface area (Å²) in [4.78, 5) is 18.1. The third-order valence-electron chi connectivity index (χ3n) is 2.68. The van der Waals surface area contributed by atoms with Crippen LogP contribution in [0, 0.1) is 0 Å². The minimum absolute atomic E-state index is 0. The van der Waals surface area contributed by atoms with E-state index in [1.165, 1.54) is 17.3 Å². The molecule has 108 valence electrons. The molecule has 0 atom stereocenters. The van der Waals surface area contributed by atoms with E-state index in [0.717, 1.165) is 5.52 Å². The van der Waals surface area contributed by atoms with Crippen LogP contribution >= 0.6 is 0 Å². The maximum Gasteiger partial charge on any atom is 0.286 e. The van der Waals surface area contributed by atoms with Crippen molar-refractivity contribution in [2.45, 2.75) is 6.54 Å². The van der Waals surface area contributed by atoms with Crippen molar-refractivity contribution < 1.29 is 15.4 Å². The first kappa shape index (κ1) is 14.3. The van der Waals surface area contributed by atoms with Gasteiger partial charge in [-0.05, 0) is 6.07 Å². The minimum atomic E-state index is -0.486. The second-order valence-corrected chi connectivity index (χ2v) is 4.05. The van der Waals surface area contributed by atoms with E-state index in [9.17, 15) is 9.90 Å². The van der Waals surface area contributed by atoms with Crippen LogP contribution in [0.5, 0.6) is 5.88 Å². The SMILES string of the molecule is O.O=C(Cn1cncn1)N=Nc1c(O)[nH]c2ccccc12. The quantitative estimate of drug-likeness (QED) is 0.692. The van der Waals surface area contributed by atoms with Crippen LogP contribution in [-0.4, -0.2) is 36.2 Å². The standard InChI is InChI=1S/C12H10N6O2.H2O/c19-10(5-18-7-13-6-14-18)16-17-11-8-3-1-2-4-9(8)15-12(11)20;/h1-4,6-7,15,20H,5H2;1H2. The highest BCUT2D eigenvalue weighted by molar-refractivity contribution is 5.94. The number of fused-ring (bicyclic) bond motifs is 1. The fourth-order valence-corrected chi connectivity index (χ4v) is 1.80. The first-order valence-electron chi connectivity index (χ1n) is 5.80. The van der Waals surface area contributed by atoms with Gasteiger partial charge in [-0.25, -0.2) is 9.67 Å². The molecule has 21 heavy (non-hydrogen) atoms. The molecular formula is C12H12N6O3. The average Bonchev–Trinajstić information content (AvgIpc) is 3.03.